The number of morpholine rings is 1. The van der Waals surface area contributed by atoms with Crippen molar-refractivity contribution in [3.63, 3.8) is 0 Å². The average Bonchev–Trinajstić information content (AvgIpc) is 3.27. The Kier molecular flexibility index (Phi) is 5.72. The Morgan fingerprint density at radius 3 is 2.42 bits per heavy atom. The van der Waals surface area contributed by atoms with E-state index in [-0.39, 0.29) is 17.9 Å². The lowest BCUT2D eigenvalue weighted by Crippen LogP contribution is -2.44. The van der Waals surface area contributed by atoms with Crippen molar-refractivity contribution in [3.05, 3.63) is 70.0 Å². The summed E-state index contributed by atoms with van der Waals surface area (Å²) in [7, 11) is 0. The molecule has 1 aromatic carbocycles. The van der Waals surface area contributed by atoms with E-state index in [1.165, 1.54) is 16.4 Å². The first-order chi connectivity index (χ1) is 15.9. The molecule has 0 spiro atoms. The van der Waals surface area contributed by atoms with Crippen LogP contribution in [-0.4, -0.2) is 54.3 Å². The van der Waals surface area contributed by atoms with Gasteiger partial charge in [-0.15, -0.1) is 0 Å². The van der Waals surface area contributed by atoms with Gasteiger partial charge in [-0.25, -0.2) is 14.8 Å². The summed E-state index contributed by atoms with van der Waals surface area (Å²) in [5.41, 5.74) is 4.33. The maximum atomic E-state index is 13.2. The van der Waals surface area contributed by atoms with Crippen molar-refractivity contribution in [3.8, 4) is 0 Å². The van der Waals surface area contributed by atoms with Gasteiger partial charge in [-0.3, -0.25) is 9.47 Å². The zero-order chi connectivity index (χ0) is 23.1. The molecule has 2 atom stereocenters. The Labute approximate surface area is 192 Å². The molecule has 1 fully saturated rings. The molecule has 0 radical (unpaired) electrons. The van der Waals surface area contributed by atoms with Crippen LogP contribution in [0.5, 0.6) is 0 Å². The van der Waals surface area contributed by atoms with Crippen molar-refractivity contribution < 1.29 is 4.74 Å². The molecule has 3 aromatic heterocycles. The second-order valence-electron chi connectivity index (χ2n) is 9.43. The highest BCUT2D eigenvalue weighted by Crippen LogP contribution is 2.21. The summed E-state index contributed by atoms with van der Waals surface area (Å²) in [6, 6.07) is 10.5. The van der Waals surface area contributed by atoms with E-state index in [1.807, 2.05) is 6.20 Å². The average molecular weight is 447 g/mol. The van der Waals surface area contributed by atoms with Crippen LogP contribution in [0, 0.1) is 0 Å². The quantitative estimate of drug-likeness (QED) is 0.469. The fourth-order valence-corrected chi connectivity index (χ4v) is 4.74. The van der Waals surface area contributed by atoms with Gasteiger partial charge in [-0.1, -0.05) is 38.1 Å². The first-order valence-electron chi connectivity index (χ1n) is 11.6. The van der Waals surface area contributed by atoms with E-state index in [2.05, 4.69) is 73.0 Å². The Hall–Kier alpha value is -3.10. The fourth-order valence-electron chi connectivity index (χ4n) is 4.74. The maximum absolute atomic E-state index is 13.2. The van der Waals surface area contributed by atoms with Gasteiger partial charge in [0.1, 0.15) is 12.0 Å². The summed E-state index contributed by atoms with van der Waals surface area (Å²) < 4.78 is 8.92. The smallest absolute Gasteiger partial charge is 0.352 e. The first-order valence-corrected chi connectivity index (χ1v) is 11.6. The highest BCUT2D eigenvalue weighted by Gasteiger charge is 2.23. The van der Waals surface area contributed by atoms with E-state index in [9.17, 15) is 4.79 Å². The second-order valence-corrected chi connectivity index (χ2v) is 9.43. The number of aromatic nitrogens is 5. The van der Waals surface area contributed by atoms with Gasteiger partial charge in [0.05, 0.1) is 24.1 Å². The molecular formula is C25H30N6O2. The van der Waals surface area contributed by atoms with Crippen LogP contribution in [-0.2, 0) is 17.8 Å². The zero-order valence-corrected chi connectivity index (χ0v) is 19.6. The minimum absolute atomic E-state index is 0.206. The van der Waals surface area contributed by atoms with Crippen LogP contribution < -0.4 is 5.69 Å². The van der Waals surface area contributed by atoms with Crippen LogP contribution in [0.2, 0.25) is 0 Å². The Bertz CT molecular complexity index is 1330. The molecule has 4 aromatic rings. The number of hydrogen-bond acceptors (Lipinski definition) is 6. The number of hydrogen-bond donors (Lipinski definition) is 0. The van der Waals surface area contributed by atoms with Crippen LogP contribution in [0.3, 0.4) is 0 Å². The number of fused-ring (bicyclic) bond motifs is 3. The van der Waals surface area contributed by atoms with E-state index in [1.54, 1.807) is 4.57 Å². The lowest BCUT2D eigenvalue weighted by atomic mass is 10.0. The Morgan fingerprint density at radius 2 is 1.73 bits per heavy atom. The van der Waals surface area contributed by atoms with Gasteiger partial charge in [0.2, 0.25) is 0 Å². The van der Waals surface area contributed by atoms with E-state index in [0.717, 1.165) is 36.1 Å². The fraction of sp³-hybridized carbons (Fsp3) is 0.440. The van der Waals surface area contributed by atoms with Crippen LogP contribution >= 0.6 is 0 Å². The van der Waals surface area contributed by atoms with Gasteiger partial charge in [-0.05, 0) is 42.5 Å². The van der Waals surface area contributed by atoms with E-state index < -0.39 is 0 Å². The second kappa shape index (κ2) is 8.68. The molecule has 0 saturated carbocycles. The summed E-state index contributed by atoms with van der Waals surface area (Å²) in [5.74, 6) is 0.464. The normalized spacial score (nSPS) is 19.7. The number of nitrogens with zero attached hydrogens (tertiary/aromatic N) is 6. The minimum Gasteiger partial charge on any atom is -0.373 e. The van der Waals surface area contributed by atoms with E-state index in [4.69, 9.17) is 9.72 Å². The van der Waals surface area contributed by atoms with Crippen molar-refractivity contribution in [2.75, 3.05) is 13.1 Å². The van der Waals surface area contributed by atoms with Gasteiger partial charge in [0.15, 0.2) is 5.65 Å². The molecule has 1 aliphatic rings. The van der Waals surface area contributed by atoms with Crippen molar-refractivity contribution in [1.82, 2.24) is 29.0 Å². The highest BCUT2D eigenvalue weighted by atomic mass is 16.5. The molecule has 0 N–H and O–H groups in total. The van der Waals surface area contributed by atoms with Crippen molar-refractivity contribution in [2.24, 2.45) is 0 Å². The topological polar surface area (TPSA) is 77.5 Å². The van der Waals surface area contributed by atoms with E-state index in [0.29, 0.717) is 23.8 Å². The zero-order valence-electron chi connectivity index (χ0n) is 19.6. The molecule has 172 valence electrons. The lowest BCUT2D eigenvalue weighted by Gasteiger charge is -2.35. The predicted octanol–water partition coefficient (Wildman–Crippen LogP) is 3.22. The Balaban J connectivity index is 1.54. The van der Waals surface area contributed by atoms with Crippen molar-refractivity contribution >= 4 is 16.7 Å². The largest absolute Gasteiger partial charge is 0.373 e. The maximum Gasteiger partial charge on any atom is 0.352 e. The predicted molar refractivity (Wildman–Crippen MR) is 127 cm³/mol. The lowest BCUT2D eigenvalue weighted by molar-refractivity contribution is -0.0705. The van der Waals surface area contributed by atoms with Crippen LogP contribution in [0.25, 0.3) is 16.7 Å². The van der Waals surface area contributed by atoms with Crippen molar-refractivity contribution in [1.29, 1.82) is 0 Å². The third-order valence-corrected chi connectivity index (χ3v) is 6.27. The molecule has 5 rings (SSSR count). The van der Waals surface area contributed by atoms with Gasteiger partial charge in [-0.2, -0.15) is 9.61 Å². The molecule has 0 bridgehead atoms. The van der Waals surface area contributed by atoms with Crippen LogP contribution in [0.1, 0.15) is 50.3 Å². The van der Waals surface area contributed by atoms with Gasteiger partial charge < -0.3 is 4.74 Å². The molecule has 0 aliphatic carbocycles. The molecule has 8 heteroatoms. The van der Waals surface area contributed by atoms with E-state index >= 15 is 0 Å². The molecule has 33 heavy (non-hydrogen) atoms. The summed E-state index contributed by atoms with van der Waals surface area (Å²) in [4.78, 5) is 24.7. The number of ether oxygens (including phenoxy) is 1. The van der Waals surface area contributed by atoms with Crippen LogP contribution in [0.15, 0.2) is 47.7 Å². The molecule has 1 aliphatic heterocycles. The van der Waals surface area contributed by atoms with Gasteiger partial charge in [0, 0.05) is 25.8 Å². The number of benzene rings is 1. The highest BCUT2D eigenvalue weighted by molar-refractivity contribution is 5.89. The van der Waals surface area contributed by atoms with Gasteiger partial charge in [0.25, 0.3) is 0 Å². The molecule has 0 amide bonds. The SMILES string of the molecule is CC(C)c1ccc(Cn2c(=O)n3ncnc3c3cc(CN4C[C@@H](C)O[C@@H](C)C4)cnc32)cc1. The molecule has 8 nitrogen and oxygen atoms in total. The van der Waals surface area contributed by atoms with Crippen molar-refractivity contribution in [2.45, 2.75) is 58.9 Å². The third kappa shape index (κ3) is 4.28. The van der Waals surface area contributed by atoms with Crippen LogP contribution in [0.4, 0.5) is 0 Å². The first kappa shape index (κ1) is 21.7. The summed E-state index contributed by atoms with van der Waals surface area (Å²) in [6.07, 6.45) is 3.71. The summed E-state index contributed by atoms with van der Waals surface area (Å²) in [6.45, 7) is 11.5. The standard InChI is InChI=1S/C25H30N6O2/c1-16(2)21-7-5-19(6-8-21)14-30-23-22(24-27-15-28-31(24)25(30)32)9-20(10-26-23)13-29-11-17(3)33-18(4)12-29/h5-10,15-18H,11-14H2,1-4H3/t17-,18+. The molecular weight excluding hydrogens is 416 g/mol. The van der Waals surface area contributed by atoms with Gasteiger partial charge >= 0.3 is 5.69 Å². The Morgan fingerprint density at radius 1 is 1.00 bits per heavy atom. The third-order valence-electron chi connectivity index (χ3n) is 6.27. The molecule has 0 unspecified atom stereocenters. The summed E-state index contributed by atoms with van der Waals surface area (Å²) >= 11 is 0. The molecule has 4 heterocycles. The summed E-state index contributed by atoms with van der Waals surface area (Å²) in [5, 5.41) is 5.02. The monoisotopic (exact) mass is 446 g/mol. The minimum atomic E-state index is -0.237. The number of pyridine rings is 1. The number of rotatable bonds is 5. The molecule has 1 saturated heterocycles.